The molecule has 4 amide bonds. The van der Waals surface area contributed by atoms with Crippen LogP contribution in [0, 0.1) is 0 Å². The third-order valence-corrected chi connectivity index (χ3v) is 4.34. The molecule has 1 unspecified atom stereocenters. The molecule has 1 aromatic rings. The predicted molar refractivity (Wildman–Crippen MR) is 99.9 cm³/mol. The van der Waals surface area contributed by atoms with Crippen molar-refractivity contribution in [1.82, 2.24) is 10.6 Å². The number of likely N-dealkylation sites (N-methyl/N-ethyl adjacent to an activating group) is 1. The number of hydrogen-bond acceptors (Lipinski definition) is 4. The Labute approximate surface area is 152 Å². The van der Waals surface area contributed by atoms with Crippen LogP contribution in [0.3, 0.4) is 0 Å². The third-order valence-electron chi connectivity index (χ3n) is 3.55. The smallest absolute Gasteiger partial charge is 0.321 e. The fourth-order valence-corrected chi connectivity index (χ4v) is 2.64. The molecule has 0 fully saturated rings. The van der Waals surface area contributed by atoms with Gasteiger partial charge in [-0.3, -0.25) is 14.9 Å². The fraction of sp³-hybridized carbons (Fsp3) is 0.471. The number of hydrogen-bond donors (Lipinski definition) is 4. The van der Waals surface area contributed by atoms with Gasteiger partial charge in [-0.2, -0.15) is 0 Å². The summed E-state index contributed by atoms with van der Waals surface area (Å²) in [5, 5.41) is 7.78. The number of benzene rings is 1. The molecule has 0 heterocycles. The lowest BCUT2D eigenvalue weighted by atomic mass is 10.3. The average molecular weight is 367 g/mol. The van der Waals surface area contributed by atoms with Gasteiger partial charge in [-0.1, -0.05) is 19.1 Å². The van der Waals surface area contributed by atoms with Crippen molar-refractivity contribution >= 4 is 35.3 Å². The molecule has 1 rings (SSSR count). The molecule has 0 aliphatic rings. The normalized spacial score (nSPS) is 12.8. The Morgan fingerprint density at radius 3 is 2.44 bits per heavy atom. The van der Waals surface area contributed by atoms with Crippen LogP contribution in [-0.4, -0.2) is 50.3 Å². The van der Waals surface area contributed by atoms with Crippen LogP contribution in [0.5, 0.6) is 0 Å². The molecular formula is C17H27N4O3S+. The van der Waals surface area contributed by atoms with Gasteiger partial charge in [0.1, 0.15) is 0 Å². The summed E-state index contributed by atoms with van der Waals surface area (Å²) in [5.74, 6) is -0.605. The molecule has 4 N–H and O–H groups in total. The van der Waals surface area contributed by atoms with Gasteiger partial charge in [0.05, 0.1) is 12.7 Å². The van der Waals surface area contributed by atoms with Crippen molar-refractivity contribution < 1.29 is 19.3 Å². The highest BCUT2D eigenvalue weighted by molar-refractivity contribution is 7.98. The summed E-state index contributed by atoms with van der Waals surface area (Å²) in [5.41, 5.74) is 0.755. The lowest BCUT2D eigenvalue weighted by Gasteiger charge is -2.15. The monoisotopic (exact) mass is 367 g/mol. The Bertz CT molecular complexity index is 609. The Morgan fingerprint density at radius 2 is 1.80 bits per heavy atom. The first-order valence-electron chi connectivity index (χ1n) is 8.20. The van der Waals surface area contributed by atoms with Crippen LogP contribution in [0.15, 0.2) is 29.2 Å². The van der Waals surface area contributed by atoms with Crippen LogP contribution in [0.2, 0.25) is 0 Å². The molecule has 7 nitrogen and oxygen atoms in total. The minimum atomic E-state index is -0.509. The van der Waals surface area contributed by atoms with Gasteiger partial charge in [0, 0.05) is 10.9 Å². The highest BCUT2D eigenvalue weighted by Gasteiger charge is 2.17. The molecule has 25 heavy (non-hydrogen) atoms. The molecule has 0 bridgehead atoms. The lowest BCUT2D eigenvalue weighted by molar-refractivity contribution is -0.862. The van der Waals surface area contributed by atoms with E-state index in [0.29, 0.717) is 4.90 Å². The summed E-state index contributed by atoms with van der Waals surface area (Å²) in [6.45, 7) is 3.96. The summed E-state index contributed by atoms with van der Waals surface area (Å²) in [6, 6.07) is 7.03. The van der Waals surface area contributed by atoms with Crippen molar-refractivity contribution in [3.05, 3.63) is 24.3 Å². The Morgan fingerprint density at radius 1 is 1.16 bits per heavy atom. The number of anilines is 1. The summed E-state index contributed by atoms with van der Waals surface area (Å²) >= 11 is 1.55. The predicted octanol–water partition coefficient (Wildman–Crippen LogP) is 0.486. The van der Waals surface area contributed by atoms with Crippen molar-refractivity contribution in [1.29, 1.82) is 0 Å². The maximum atomic E-state index is 12.1. The number of carbonyl (C=O) groups is 3. The minimum absolute atomic E-state index is 0.000146. The number of rotatable bonds is 8. The average Bonchev–Trinajstić information content (AvgIpc) is 2.54. The molecule has 0 saturated carbocycles. The SMILES string of the molecule is CC[C@H](C)NC(=O)NC(=O)C[NH+](C)CC(=O)Nc1ccccc1SC. The number of para-hydroxylation sites is 1. The van der Waals surface area contributed by atoms with Crippen molar-refractivity contribution in [2.24, 2.45) is 0 Å². The Kier molecular flexibility index (Phi) is 9.01. The zero-order valence-corrected chi connectivity index (χ0v) is 16.0. The topological polar surface area (TPSA) is 91.7 Å². The zero-order valence-electron chi connectivity index (χ0n) is 15.1. The van der Waals surface area contributed by atoms with E-state index in [0.717, 1.165) is 17.0 Å². The van der Waals surface area contributed by atoms with E-state index < -0.39 is 11.9 Å². The maximum Gasteiger partial charge on any atom is 0.321 e. The van der Waals surface area contributed by atoms with Crippen molar-refractivity contribution in [2.45, 2.75) is 31.2 Å². The highest BCUT2D eigenvalue weighted by Crippen LogP contribution is 2.24. The molecule has 0 radical (unpaired) electrons. The summed E-state index contributed by atoms with van der Waals surface area (Å²) in [6.07, 6.45) is 2.72. The van der Waals surface area contributed by atoms with E-state index in [1.54, 1.807) is 18.8 Å². The van der Waals surface area contributed by atoms with E-state index in [1.807, 2.05) is 44.4 Å². The molecule has 138 valence electrons. The van der Waals surface area contributed by atoms with Gasteiger partial charge in [0.2, 0.25) is 0 Å². The first-order valence-corrected chi connectivity index (χ1v) is 9.42. The number of carbonyl (C=O) groups excluding carboxylic acids is 3. The van der Waals surface area contributed by atoms with Crippen LogP contribution in [0.4, 0.5) is 10.5 Å². The van der Waals surface area contributed by atoms with Crippen LogP contribution < -0.4 is 20.9 Å². The molecule has 2 atom stereocenters. The van der Waals surface area contributed by atoms with Gasteiger partial charge in [0.25, 0.3) is 11.8 Å². The van der Waals surface area contributed by atoms with Crippen LogP contribution in [0.25, 0.3) is 0 Å². The Hall–Kier alpha value is -2.06. The standard InChI is InChI=1S/C17H26N4O3S/c1-5-12(2)18-17(24)20-16(23)11-21(3)10-15(22)19-13-8-6-7-9-14(13)25-4/h6-9,12H,5,10-11H2,1-4H3,(H,19,22)(H2,18,20,23,24)/p+1/t12-/m0/s1. The van der Waals surface area contributed by atoms with Crippen LogP contribution in [0.1, 0.15) is 20.3 Å². The molecule has 0 spiro atoms. The first kappa shape index (κ1) is 21.0. The lowest BCUT2D eigenvalue weighted by Crippen LogP contribution is -3.11. The molecular weight excluding hydrogens is 340 g/mol. The van der Waals surface area contributed by atoms with E-state index in [4.69, 9.17) is 0 Å². The highest BCUT2D eigenvalue weighted by atomic mass is 32.2. The van der Waals surface area contributed by atoms with E-state index in [1.165, 1.54) is 0 Å². The van der Waals surface area contributed by atoms with Crippen molar-refractivity contribution in [2.75, 3.05) is 31.7 Å². The number of nitrogens with one attached hydrogen (secondary N) is 4. The summed E-state index contributed by atoms with van der Waals surface area (Å²) in [4.78, 5) is 37.2. The number of amides is 4. The maximum absolute atomic E-state index is 12.1. The minimum Gasteiger partial charge on any atom is -0.335 e. The second kappa shape index (κ2) is 10.7. The zero-order chi connectivity index (χ0) is 18.8. The molecule has 0 aromatic heterocycles. The van der Waals surface area contributed by atoms with Crippen LogP contribution in [-0.2, 0) is 9.59 Å². The Balaban J connectivity index is 2.42. The largest absolute Gasteiger partial charge is 0.335 e. The van der Waals surface area contributed by atoms with E-state index >= 15 is 0 Å². The molecule has 0 aliphatic heterocycles. The van der Waals surface area contributed by atoms with E-state index in [2.05, 4.69) is 16.0 Å². The summed E-state index contributed by atoms with van der Waals surface area (Å²) < 4.78 is 0. The van der Waals surface area contributed by atoms with Gasteiger partial charge in [0.15, 0.2) is 13.1 Å². The van der Waals surface area contributed by atoms with E-state index in [9.17, 15) is 14.4 Å². The molecule has 8 heteroatoms. The molecule has 0 aliphatic carbocycles. The fourth-order valence-electron chi connectivity index (χ4n) is 2.09. The van der Waals surface area contributed by atoms with Gasteiger partial charge >= 0.3 is 6.03 Å². The third kappa shape index (κ3) is 8.04. The number of quaternary nitrogens is 1. The first-order chi connectivity index (χ1) is 11.8. The van der Waals surface area contributed by atoms with Gasteiger partial charge in [-0.25, -0.2) is 4.79 Å². The van der Waals surface area contributed by atoms with Gasteiger partial charge in [-0.15, -0.1) is 11.8 Å². The van der Waals surface area contributed by atoms with Crippen molar-refractivity contribution in [3.63, 3.8) is 0 Å². The molecule has 1 aromatic carbocycles. The number of urea groups is 1. The van der Waals surface area contributed by atoms with E-state index in [-0.39, 0.29) is 25.0 Å². The molecule has 0 saturated heterocycles. The number of imide groups is 1. The second-order valence-electron chi connectivity index (χ2n) is 5.89. The van der Waals surface area contributed by atoms with Crippen molar-refractivity contribution in [3.8, 4) is 0 Å². The van der Waals surface area contributed by atoms with Gasteiger partial charge < -0.3 is 15.5 Å². The summed E-state index contributed by atoms with van der Waals surface area (Å²) in [7, 11) is 1.73. The van der Waals surface area contributed by atoms with Gasteiger partial charge in [-0.05, 0) is 31.7 Å². The number of thioether (sulfide) groups is 1. The quantitative estimate of drug-likeness (QED) is 0.503. The van der Waals surface area contributed by atoms with Crippen LogP contribution >= 0.6 is 11.8 Å². The second-order valence-corrected chi connectivity index (χ2v) is 6.74.